The maximum Gasteiger partial charge on any atom is 0.0443 e. The summed E-state index contributed by atoms with van der Waals surface area (Å²) in [6.45, 7) is -3.05. The van der Waals surface area contributed by atoms with Gasteiger partial charge in [0.15, 0.2) is 0 Å². The molecular weight excluding hydrogens is 216 g/mol. The third-order valence-corrected chi connectivity index (χ3v) is 1.75. The molecule has 1 rings (SSSR count). The molecule has 0 fully saturated rings. The zero-order valence-corrected chi connectivity index (χ0v) is 9.89. The Morgan fingerprint density at radius 3 is 2.24 bits per heavy atom. The fourth-order valence-electron chi connectivity index (χ4n) is 0.969. The van der Waals surface area contributed by atoms with Crippen molar-refractivity contribution < 1.29 is 15.7 Å². The van der Waals surface area contributed by atoms with Crippen LogP contribution in [-0.2, 0) is 6.54 Å². The molecule has 0 heterocycles. The number of rotatable bonds is 7. The number of nitrogens with one attached hydrogen (secondary N) is 1. The molecule has 0 unspecified atom stereocenters. The maximum absolute atomic E-state index is 8.62. The van der Waals surface area contributed by atoms with Gasteiger partial charge in [-0.05, 0) is 31.4 Å². The van der Waals surface area contributed by atoms with Crippen molar-refractivity contribution in [2.45, 2.75) is 19.4 Å². The minimum Gasteiger partial charge on any atom is -0.396 e. The number of nitrogens with two attached hydrogens (primary N) is 1. The SMILES string of the molecule is [2H]C([2H])(CCO)NCc1ccccc1.[2H]C([2H])(N)CCO. The van der Waals surface area contributed by atoms with E-state index in [1.54, 1.807) is 0 Å². The molecule has 0 aliphatic heterocycles. The number of hydrogen-bond donors (Lipinski definition) is 4. The summed E-state index contributed by atoms with van der Waals surface area (Å²) in [5.41, 5.74) is 5.86. The van der Waals surface area contributed by atoms with Crippen LogP contribution >= 0.6 is 0 Å². The van der Waals surface area contributed by atoms with Gasteiger partial charge in [0, 0.05) is 25.2 Å². The zero-order valence-electron chi connectivity index (χ0n) is 13.9. The Bertz CT molecular complexity index is 372. The van der Waals surface area contributed by atoms with Crippen LogP contribution in [-0.4, -0.2) is 36.4 Å². The Hall–Kier alpha value is -0.940. The summed E-state index contributed by atoms with van der Waals surface area (Å²) in [6.07, 6.45) is 0.118. The van der Waals surface area contributed by atoms with Gasteiger partial charge in [0.05, 0.1) is 0 Å². The molecular formula is C13H24N2O2. The Morgan fingerprint density at radius 2 is 1.76 bits per heavy atom. The maximum atomic E-state index is 8.62. The van der Waals surface area contributed by atoms with Crippen molar-refractivity contribution >= 4 is 0 Å². The van der Waals surface area contributed by atoms with Gasteiger partial charge < -0.3 is 21.3 Å². The molecule has 5 N–H and O–H groups in total. The minimum absolute atomic E-state index is 0.00694. The molecule has 17 heavy (non-hydrogen) atoms. The van der Waals surface area contributed by atoms with E-state index in [-0.39, 0.29) is 26.1 Å². The van der Waals surface area contributed by atoms with E-state index in [1.807, 2.05) is 30.3 Å². The molecule has 0 aliphatic rings. The lowest BCUT2D eigenvalue weighted by Gasteiger charge is -2.02. The second kappa shape index (κ2) is 13.1. The van der Waals surface area contributed by atoms with Gasteiger partial charge in [-0.2, -0.15) is 0 Å². The van der Waals surface area contributed by atoms with Crippen LogP contribution < -0.4 is 11.1 Å². The standard InChI is InChI=1S/C10H15NO.C3H9NO/c12-8-4-7-11-9-10-5-2-1-3-6-10;4-2-1-3-5/h1-3,5-6,11-12H,4,7-9H2;5H,1-4H2/i7D2;2D2. The molecule has 0 saturated heterocycles. The largest absolute Gasteiger partial charge is 0.396 e. The number of hydrogen-bond acceptors (Lipinski definition) is 4. The van der Waals surface area contributed by atoms with Gasteiger partial charge in [-0.25, -0.2) is 0 Å². The number of aliphatic hydroxyl groups excluding tert-OH is 2. The average molecular weight is 244 g/mol. The molecule has 4 nitrogen and oxygen atoms in total. The fraction of sp³-hybridized carbons (Fsp3) is 0.538. The van der Waals surface area contributed by atoms with Crippen molar-refractivity contribution in [3.63, 3.8) is 0 Å². The first-order valence-corrected chi connectivity index (χ1v) is 5.50. The summed E-state index contributed by atoms with van der Waals surface area (Å²) in [7, 11) is 0. The highest BCUT2D eigenvalue weighted by Crippen LogP contribution is 1.96. The summed E-state index contributed by atoms with van der Waals surface area (Å²) in [4.78, 5) is 0. The summed E-state index contributed by atoms with van der Waals surface area (Å²) in [5, 5.41) is 19.5. The van der Waals surface area contributed by atoms with Crippen molar-refractivity contribution in [2.24, 2.45) is 5.73 Å². The Kier molecular flexibility index (Phi) is 7.74. The second-order valence-corrected chi connectivity index (χ2v) is 3.17. The minimum atomic E-state index is -1.70. The van der Waals surface area contributed by atoms with Crippen LogP contribution in [0.4, 0.5) is 0 Å². The number of benzene rings is 1. The fourth-order valence-corrected chi connectivity index (χ4v) is 0.969. The Labute approximate surface area is 109 Å². The van der Waals surface area contributed by atoms with Crippen molar-refractivity contribution in [3.05, 3.63) is 35.9 Å². The molecule has 98 valence electrons. The second-order valence-electron chi connectivity index (χ2n) is 3.17. The van der Waals surface area contributed by atoms with E-state index in [4.69, 9.17) is 21.4 Å². The first kappa shape index (κ1) is 10.0. The molecule has 4 heteroatoms. The van der Waals surface area contributed by atoms with E-state index in [0.717, 1.165) is 5.56 Å². The Morgan fingerprint density at radius 1 is 1.12 bits per heavy atom. The van der Waals surface area contributed by atoms with Gasteiger partial charge in [-0.1, -0.05) is 30.3 Å². The highest BCUT2D eigenvalue weighted by Gasteiger charge is 1.89. The van der Waals surface area contributed by atoms with E-state index in [2.05, 4.69) is 5.32 Å². The van der Waals surface area contributed by atoms with Crippen LogP contribution in [0.5, 0.6) is 0 Å². The van der Waals surface area contributed by atoms with Crippen molar-refractivity contribution in [1.29, 1.82) is 0 Å². The quantitative estimate of drug-likeness (QED) is 0.563. The third-order valence-electron chi connectivity index (χ3n) is 1.75. The van der Waals surface area contributed by atoms with Crippen LogP contribution in [0.25, 0.3) is 0 Å². The van der Waals surface area contributed by atoms with Gasteiger partial charge >= 0.3 is 0 Å². The van der Waals surface area contributed by atoms with Gasteiger partial charge in [-0.15, -0.1) is 0 Å². The molecule has 0 atom stereocenters. The van der Waals surface area contributed by atoms with Crippen LogP contribution in [0.3, 0.4) is 0 Å². The topological polar surface area (TPSA) is 78.5 Å². The third kappa shape index (κ3) is 11.3. The monoisotopic (exact) mass is 244 g/mol. The first-order chi connectivity index (χ1) is 9.70. The molecule has 0 amide bonds. The predicted octanol–water partition coefficient (Wildman–Crippen LogP) is 0.486. The lowest BCUT2D eigenvalue weighted by molar-refractivity contribution is 0.286. The van der Waals surface area contributed by atoms with Gasteiger partial charge in [-0.3, -0.25) is 0 Å². The van der Waals surface area contributed by atoms with Crippen LogP contribution in [0, 0.1) is 0 Å². The van der Waals surface area contributed by atoms with Crippen molar-refractivity contribution in [2.75, 3.05) is 26.2 Å². The lowest BCUT2D eigenvalue weighted by atomic mass is 10.2. The van der Waals surface area contributed by atoms with E-state index < -0.39 is 13.0 Å². The van der Waals surface area contributed by atoms with E-state index >= 15 is 0 Å². The van der Waals surface area contributed by atoms with E-state index in [9.17, 15) is 0 Å². The molecule has 1 aromatic carbocycles. The molecule has 0 bridgehead atoms. The van der Waals surface area contributed by atoms with Gasteiger partial charge in [0.2, 0.25) is 0 Å². The normalized spacial score (nSPS) is 14.8. The number of aliphatic hydroxyl groups is 2. The molecule has 1 aromatic rings. The van der Waals surface area contributed by atoms with E-state index in [1.165, 1.54) is 0 Å². The highest BCUT2D eigenvalue weighted by molar-refractivity contribution is 5.14. The smallest absolute Gasteiger partial charge is 0.0443 e. The molecule has 0 radical (unpaired) electrons. The average Bonchev–Trinajstić information content (AvgIpc) is 2.37. The summed E-state index contributed by atoms with van der Waals surface area (Å²) >= 11 is 0. The molecule has 0 aliphatic carbocycles. The molecule has 0 spiro atoms. The Balaban J connectivity index is 0.000000486. The molecule has 0 saturated carbocycles. The summed E-state index contributed by atoms with van der Waals surface area (Å²) in [5.74, 6) is 0. The van der Waals surface area contributed by atoms with Crippen molar-refractivity contribution in [3.8, 4) is 0 Å². The first-order valence-electron chi connectivity index (χ1n) is 7.50. The predicted molar refractivity (Wildman–Crippen MR) is 70.6 cm³/mol. The van der Waals surface area contributed by atoms with Crippen molar-refractivity contribution in [1.82, 2.24) is 5.32 Å². The van der Waals surface area contributed by atoms with E-state index in [0.29, 0.717) is 6.54 Å². The van der Waals surface area contributed by atoms with Crippen LogP contribution in [0.1, 0.15) is 23.9 Å². The summed E-state index contributed by atoms with van der Waals surface area (Å²) < 4.78 is 28.2. The van der Waals surface area contributed by atoms with Gasteiger partial charge in [0.1, 0.15) is 0 Å². The van der Waals surface area contributed by atoms with Crippen LogP contribution in [0.15, 0.2) is 30.3 Å². The lowest BCUT2D eigenvalue weighted by Crippen LogP contribution is -2.15. The van der Waals surface area contributed by atoms with Gasteiger partial charge in [0.25, 0.3) is 0 Å². The zero-order chi connectivity index (χ0) is 16.4. The van der Waals surface area contributed by atoms with Crippen LogP contribution in [0.2, 0.25) is 0 Å². The highest BCUT2D eigenvalue weighted by atomic mass is 16.3. The molecule has 0 aromatic heterocycles. The summed E-state index contributed by atoms with van der Waals surface area (Å²) in [6, 6.07) is 9.62.